The quantitative estimate of drug-likeness (QED) is 0.917. The van der Waals surface area contributed by atoms with Crippen molar-refractivity contribution in [2.75, 3.05) is 37.3 Å². The van der Waals surface area contributed by atoms with Crippen LogP contribution in [0.1, 0.15) is 45.1 Å². The highest BCUT2D eigenvalue weighted by molar-refractivity contribution is 5.58. The molecule has 1 atom stereocenters. The molecule has 0 saturated carbocycles. The molecule has 1 aromatic heterocycles. The normalized spacial score (nSPS) is 21.2. The van der Waals surface area contributed by atoms with Crippen LogP contribution >= 0.6 is 0 Å². The summed E-state index contributed by atoms with van der Waals surface area (Å²) in [5, 5.41) is 0. The molecular weight excluding hydrogens is 250 g/mol. The van der Waals surface area contributed by atoms with Crippen LogP contribution in [0, 0.1) is 0 Å². The summed E-state index contributed by atoms with van der Waals surface area (Å²) < 4.78 is 0. The number of aromatic nitrogens is 2. The maximum atomic E-state index is 6.09. The summed E-state index contributed by atoms with van der Waals surface area (Å²) in [6.07, 6.45) is 3.87. The second-order valence-electron chi connectivity index (χ2n) is 6.02. The first-order valence-electron chi connectivity index (χ1n) is 7.60. The third kappa shape index (κ3) is 3.03. The number of nitrogens with zero attached hydrogens (tertiary/aromatic N) is 4. The predicted octanol–water partition coefficient (Wildman–Crippen LogP) is 2.10. The Balaban J connectivity index is 2.40. The Hall–Kier alpha value is -1.36. The van der Waals surface area contributed by atoms with Crippen molar-refractivity contribution in [1.29, 1.82) is 0 Å². The number of nitrogen functional groups attached to an aromatic ring is 1. The number of nitrogens with two attached hydrogens (primary N) is 1. The van der Waals surface area contributed by atoms with Gasteiger partial charge in [0.05, 0.1) is 0 Å². The van der Waals surface area contributed by atoms with Gasteiger partial charge < -0.3 is 15.5 Å². The topological polar surface area (TPSA) is 58.3 Å². The maximum absolute atomic E-state index is 6.09. The molecule has 20 heavy (non-hydrogen) atoms. The number of rotatable bonds is 3. The summed E-state index contributed by atoms with van der Waals surface area (Å²) in [6.45, 7) is 9.82. The van der Waals surface area contributed by atoms with E-state index in [2.05, 4.69) is 47.6 Å². The molecule has 0 amide bonds. The fourth-order valence-corrected chi connectivity index (χ4v) is 3.05. The molecule has 2 N–H and O–H groups in total. The minimum absolute atomic E-state index is 0.338. The fourth-order valence-electron chi connectivity index (χ4n) is 3.05. The Morgan fingerprint density at radius 3 is 2.75 bits per heavy atom. The van der Waals surface area contributed by atoms with Gasteiger partial charge in [-0.1, -0.05) is 20.8 Å². The van der Waals surface area contributed by atoms with Crippen LogP contribution in [0.15, 0.2) is 6.33 Å². The van der Waals surface area contributed by atoms with Crippen LogP contribution in [0.2, 0.25) is 0 Å². The fraction of sp³-hybridized carbons (Fsp3) is 0.733. The van der Waals surface area contributed by atoms with E-state index in [-0.39, 0.29) is 0 Å². The zero-order valence-electron chi connectivity index (χ0n) is 13.1. The van der Waals surface area contributed by atoms with E-state index in [0.717, 1.165) is 43.9 Å². The number of likely N-dealkylation sites (N-methyl/N-ethyl adjacent to an activating group) is 1. The highest BCUT2D eigenvalue weighted by Crippen LogP contribution is 2.31. The van der Waals surface area contributed by atoms with Gasteiger partial charge in [0, 0.05) is 24.7 Å². The van der Waals surface area contributed by atoms with Crippen LogP contribution < -0.4 is 10.6 Å². The summed E-state index contributed by atoms with van der Waals surface area (Å²) in [5.74, 6) is 2.00. The van der Waals surface area contributed by atoms with Crippen molar-refractivity contribution in [3.05, 3.63) is 11.9 Å². The van der Waals surface area contributed by atoms with Gasteiger partial charge >= 0.3 is 0 Å². The lowest BCUT2D eigenvalue weighted by molar-refractivity contribution is 0.327. The van der Waals surface area contributed by atoms with E-state index in [1.165, 1.54) is 0 Å². The minimum atomic E-state index is 0.338. The van der Waals surface area contributed by atoms with Crippen molar-refractivity contribution in [3.8, 4) is 0 Å². The highest BCUT2D eigenvalue weighted by atomic mass is 15.3. The minimum Gasteiger partial charge on any atom is -0.383 e. The molecule has 2 rings (SSSR count). The van der Waals surface area contributed by atoms with Gasteiger partial charge in [0.25, 0.3) is 0 Å². The molecule has 1 aromatic rings. The van der Waals surface area contributed by atoms with Gasteiger partial charge in [0.1, 0.15) is 18.0 Å². The van der Waals surface area contributed by atoms with Crippen LogP contribution in [0.3, 0.4) is 0 Å². The Kier molecular flexibility index (Phi) is 4.81. The number of anilines is 2. The van der Waals surface area contributed by atoms with Crippen LogP contribution in [-0.4, -0.2) is 47.6 Å². The van der Waals surface area contributed by atoms with Crippen molar-refractivity contribution in [2.24, 2.45) is 0 Å². The van der Waals surface area contributed by atoms with E-state index in [0.29, 0.717) is 17.8 Å². The molecular formula is C15H27N5. The molecule has 0 bridgehead atoms. The van der Waals surface area contributed by atoms with Crippen LogP contribution in [0.4, 0.5) is 11.6 Å². The van der Waals surface area contributed by atoms with E-state index in [1.54, 1.807) is 6.33 Å². The molecule has 112 valence electrons. The Morgan fingerprint density at radius 1 is 1.35 bits per heavy atom. The molecule has 2 heterocycles. The summed E-state index contributed by atoms with van der Waals surface area (Å²) in [4.78, 5) is 13.6. The standard InChI is InChI=1S/C15H27N5/c1-5-12-9-19(4)7-6-8-20(12)15-13(11(2)3)14(16)17-10-18-15/h10-12H,5-9H2,1-4H3,(H2,16,17,18). The molecule has 1 unspecified atom stereocenters. The Bertz CT molecular complexity index is 446. The van der Waals surface area contributed by atoms with Gasteiger partial charge in [-0.15, -0.1) is 0 Å². The Labute approximate surface area is 122 Å². The first-order chi connectivity index (χ1) is 9.54. The van der Waals surface area contributed by atoms with Crippen molar-refractivity contribution >= 4 is 11.6 Å². The number of hydrogen-bond acceptors (Lipinski definition) is 5. The predicted molar refractivity (Wildman–Crippen MR) is 84.1 cm³/mol. The lowest BCUT2D eigenvalue weighted by Crippen LogP contribution is -2.41. The van der Waals surface area contributed by atoms with E-state index >= 15 is 0 Å². The molecule has 5 nitrogen and oxygen atoms in total. The molecule has 1 aliphatic heterocycles. The molecule has 0 aromatic carbocycles. The van der Waals surface area contributed by atoms with E-state index < -0.39 is 0 Å². The van der Waals surface area contributed by atoms with Gasteiger partial charge in [0.2, 0.25) is 0 Å². The second kappa shape index (κ2) is 6.39. The number of hydrogen-bond donors (Lipinski definition) is 1. The zero-order valence-corrected chi connectivity index (χ0v) is 13.1. The average molecular weight is 277 g/mol. The largest absolute Gasteiger partial charge is 0.383 e. The van der Waals surface area contributed by atoms with E-state index in [9.17, 15) is 0 Å². The lowest BCUT2D eigenvalue weighted by Gasteiger charge is -2.33. The third-order valence-corrected chi connectivity index (χ3v) is 4.12. The summed E-state index contributed by atoms with van der Waals surface area (Å²) in [7, 11) is 2.20. The molecule has 0 radical (unpaired) electrons. The highest BCUT2D eigenvalue weighted by Gasteiger charge is 2.26. The smallest absolute Gasteiger partial charge is 0.137 e. The van der Waals surface area contributed by atoms with Crippen molar-refractivity contribution < 1.29 is 0 Å². The molecule has 1 fully saturated rings. The van der Waals surface area contributed by atoms with Gasteiger partial charge in [0.15, 0.2) is 0 Å². The molecule has 0 aliphatic carbocycles. The van der Waals surface area contributed by atoms with E-state index in [1.807, 2.05) is 0 Å². The first-order valence-corrected chi connectivity index (χ1v) is 7.60. The first kappa shape index (κ1) is 15.0. The molecule has 1 saturated heterocycles. The average Bonchev–Trinajstić information content (AvgIpc) is 2.59. The van der Waals surface area contributed by atoms with Gasteiger partial charge in [-0.2, -0.15) is 0 Å². The van der Waals surface area contributed by atoms with Gasteiger partial charge in [-0.05, 0) is 32.4 Å². The zero-order chi connectivity index (χ0) is 14.7. The van der Waals surface area contributed by atoms with Gasteiger partial charge in [-0.3, -0.25) is 0 Å². The van der Waals surface area contributed by atoms with Gasteiger partial charge in [-0.25, -0.2) is 9.97 Å². The summed E-state index contributed by atoms with van der Waals surface area (Å²) in [6, 6.07) is 0.495. The van der Waals surface area contributed by atoms with E-state index in [4.69, 9.17) is 5.73 Å². The molecule has 1 aliphatic rings. The molecule has 5 heteroatoms. The van der Waals surface area contributed by atoms with Crippen LogP contribution in [-0.2, 0) is 0 Å². The van der Waals surface area contributed by atoms with Crippen molar-refractivity contribution in [2.45, 2.75) is 45.6 Å². The van der Waals surface area contributed by atoms with Crippen molar-refractivity contribution in [3.63, 3.8) is 0 Å². The van der Waals surface area contributed by atoms with Crippen LogP contribution in [0.25, 0.3) is 0 Å². The summed E-state index contributed by atoms with van der Waals surface area (Å²) in [5.41, 5.74) is 7.19. The molecule has 0 spiro atoms. The lowest BCUT2D eigenvalue weighted by atomic mass is 10.0. The SMILES string of the molecule is CCC1CN(C)CCCN1c1ncnc(N)c1C(C)C. The van der Waals surface area contributed by atoms with Crippen molar-refractivity contribution in [1.82, 2.24) is 14.9 Å². The summed E-state index contributed by atoms with van der Waals surface area (Å²) >= 11 is 0. The maximum Gasteiger partial charge on any atom is 0.137 e. The monoisotopic (exact) mass is 277 g/mol. The Morgan fingerprint density at radius 2 is 2.10 bits per heavy atom. The van der Waals surface area contributed by atoms with Crippen LogP contribution in [0.5, 0.6) is 0 Å². The third-order valence-electron chi connectivity index (χ3n) is 4.12. The second-order valence-corrected chi connectivity index (χ2v) is 6.02.